The maximum absolute atomic E-state index is 13.0. The molecule has 3 N–H and O–H groups in total. The van der Waals surface area contributed by atoms with E-state index >= 15 is 0 Å². The van der Waals surface area contributed by atoms with Gasteiger partial charge in [-0.25, -0.2) is 4.39 Å². The average molecular weight is 214 g/mol. The van der Waals surface area contributed by atoms with Gasteiger partial charge in [-0.3, -0.25) is 0 Å². The molecular weight excluding hydrogens is 199 g/mol. The monoisotopic (exact) mass is 214 g/mol. The van der Waals surface area contributed by atoms with Crippen molar-refractivity contribution in [3.05, 3.63) is 24.0 Å². The van der Waals surface area contributed by atoms with E-state index in [0.717, 1.165) is 18.7 Å². The van der Waals surface area contributed by atoms with Crippen molar-refractivity contribution in [1.82, 2.24) is 0 Å². The normalized spacial score (nSPS) is 10.1. The number of halogens is 1. The lowest BCUT2D eigenvalue weighted by molar-refractivity contribution is 0.633. The lowest BCUT2D eigenvalue weighted by Crippen LogP contribution is -2.05. The summed E-state index contributed by atoms with van der Waals surface area (Å²) < 4.78 is 13.0. The second-order valence-corrected chi connectivity index (χ2v) is 3.96. The van der Waals surface area contributed by atoms with Gasteiger partial charge < -0.3 is 11.1 Å². The molecule has 0 aromatic heterocycles. The third-order valence-corrected chi connectivity index (χ3v) is 2.59. The van der Waals surface area contributed by atoms with Crippen LogP contribution < -0.4 is 11.1 Å². The minimum absolute atomic E-state index is 0.205. The highest BCUT2D eigenvalue weighted by molar-refractivity contribution is 7.98. The Balaban J connectivity index is 2.46. The molecule has 1 aromatic rings. The quantitative estimate of drug-likeness (QED) is 0.584. The molecule has 1 aromatic carbocycles. The van der Waals surface area contributed by atoms with Crippen molar-refractivity contribution >= 4 is 23.1 Å². The Morgan fingerprint density at radius 2 is 2.29 bits per heavy atom. The molecule has 0 aliphatic heterocycles. The Morgan fingerprint density at radius 3 is 3.00 bits per heavy atom. The van der Waals surface area contributed by atoms with E-state index in [2.05, 4.69) is 11.6 Å². The smallest absolute Gasteiger partial charge is 0.148 e. The number of thioether (sulfide) groups is 1. The van der Waals surface area contributed by atoms with Crippen LogP contribution in [0.15, 0.2) is 18.2 Å². The summed E-state index contributed by atoms with van der Waals surface area (Å²) in [5.74, 6) is 0.738. The summed E-state index contributed by atoms with van der Waals surface area (Å²) in [4.78, 5) is 0. The lowest BCUT2D eigenvalue weighted by Gasteiger charge is -2.08. The minimum atomic E-state index is -0.361. The molecule has 0 amide bonds. The van der Waals surface area contributed by atoms with Crippen molar-refractivity contribution in [2.24, 2.45) is 0 Å². The van der Waals surface area contributed by atoms with Crippen LogP contribution in [-0.4, -0.2) is 18.6 Å². The van der Waals surface area contributed by atoms with Crippen LogP contribution in [0.4, 0.5) is 15.8 Å². The van der Waals surface area contributed by atoms with E-state index in [9.17, 15) is 4.39 Å². The zero-order valence-corrected chi connectivity index (χ0v) is 9.03. The van der Waals surface area contributed by atoms with Crippen LogP contribution in [0.1, 0.15) is 6.42 Å². The van der Waals surface area contributed by atoms with Gasteiger partial charge in [-0.1, -0.05) is 6.07 Å². The van der Waals surface area contributed by atoms with Gasteiger partial charge in [0.25, 0.3) is 0 Å². The van der Waals surface area contributed by atoms with Crippen LogP contribution in [0.25, 0.3) is 0 Å². The summed E-state index contributed by atoms with van der Waals surface area (Å²) >= 11 is 1.80. The first-order valence-corrected chi connectivity index (χ1v) is 5.92. The third-order valence-electron chi connectivity index (χ3n) is 1.89. The van der Waals surface area contributed by atoms with Crippen molar-refractivity contribution in [2.45, 2.75) is 6.42 Å². The molecule has 0 atom stereocenters. The molecule has 0 bridgehead atoms. The molecule has 0 aliphatic carbocycles. The Morgan fingerprint density at radius 1 is 1.50 bits per heavy atom. The first-order valence-electron chi connectivity index (χ1n) is 4.52. The number of para-hydroxylation sites is 1. The molecule has 0 fully saturated rings. The summed E-state index contributed by atoms with van der Waals surface area (Å²) in [5.41, 5.74) is 6.45. The topological polar surface area (TPSA) is 38.0 Å². The van der Waals surface area contributed by atoms with Gasteiger partial charge in [0.1, 0.15) is 5.82 Å². The largest absolute Gasteiger partial charge is 0.395 e. The van der Waals surface area contributed by atoms with Gasteiger partial charge in [-0.15, -0.1) is 0 Å². The molecular formula is C10H15FN2S. The summed E-state index contributed by atoms with van der Waals surface area (Å²) in [7, 11) is 0. The van der Waals surface area contributed by atoms with Gasteiger partial charge >= 0.3 is 0 Å². The molecule has 0 saturated heterocycles. The van der Waals surface area contributed by atoms with E-state index in [1.54, 1.807) is 23.9 Å². The number of hydrogen-bond acceptors (Lipinski definition) is 3. The molecule has 0 aliphatic rings. The number of rotatable bonds is 5. The van der Waals surface area contributed by atoms with Gasteiger partial charge in [0.05, 0.1) is 11.4 Å². The molecule has 0 saturated carbocycles. The summed E-state index contributed by atoms with van der Waals surface area (Å²) in [6.07, 6.45) is 3.12. The van der Waals surface area contributed by atoms with Crippen LogP contribution in [0, 0.1) is 5.82 Å². The number of nitrogens with one attached hydrogen (secondary N) is 1. The van der Waals surface area contributed by atoms with Crippen molar-refractivity contribution in [3.8, 4) is 0 Å². The fourth-order valence-electron chi connectivity index (χ4n) is 1.13. The van der Waals surface area contributed by atoms with Crippen molar-refractivity contribution in [3.63, 3.8) is 0 Å². The van der Waals surface area contributed by atoms with Gasteiger partial charge in [0.15, 0.2) is 0 Å². The van der Waals surface area contributed by atoms with E-state index in [4.69, 9.17) is 5.73 Å². The maximum Gasteiger partial charge on any atom is 0.148 e. The molecule has 0 spiro atoms. The maximum atomic E-state index is 13.0. The van der Waals surface area contributed by atoms with E-state index in [-0.39, 0.29) is 11.5 Å². The number of benzene rings is 1. The van der Waals surface area contributed by atoms with E-state index in [1.165, 1.54) is 6.07 Å². The molecule has 1 rings (SSSR count). The van der Waals surface area contributed by atoms with E-state index in [1.807, 2.05) is 0 Å². The van der Waals surface area contributed by atoms with E-state index in [0.29, 0.717) is 5.69 Å². The molecule has 0 unspecified atom stereocenters. The van der Waals surface area contributed by atoms with Crippen LogP contribution in [0.5, 0.6) is 0 Å². The first-order chi connectivity index (χ1) is 6.75. The van der Waals surface area contributed by atoms with Crippen LogP contribution in [0.2, 0.25) is 0 Å². The van der Waals surface area contributed by atoms with E-state index < -0.39 is 0 Å². The highest BCUT2D eigenvalue weighted by Gasteiger charge is 2.02. The van der Waals surface area contributed by atoms with Crippen LogP contribution in [0.3, 0.4) is 0 Å². The molecule has 0 radical (unpaired) electrons. The predicted molar refractivity (Wildman–Crippen MR) is 62.3 cm³/mol. The Labute approximate surface area is 88.1 Å². The molecule has 14 heavy (non-hydrogen) atoms. The average Bonchev–Trinajstić information content (AvgIpc) is 2.19. The summed E-state index contributed by atoms with van der Waals surface area (Å²) in [6.45, 7) is 0.828. The zero-order chi connectivity index (χ0) is 10.4. The predicted octanol–water partition coefficient (Wildman–Crippen LogP) is 2.57. The number of nitrogen functional groups attached to an aromatic ring is 1. The first kappa shape index (κ1) is 11.2. The standard InChI is InChI=1S/C10H15FN2S/c1-14-7-3-6-13-9-5-2-4-8(11)10(9)12/h2,4-5,13H,3,6-7,12H2,1H3. The second kappa shape index (κ2) is 5.75. The number of hydrogen-bond donors (Lipinski definition) is 2. The fraction of sp³-hybridized carbons (Fsp3) is 0.400. The summed E-state index contributed by atoms with van der Waals surface area (Å²) in [5, 5.41) is 3.11. The Bertz CT molecular complexity index is 291. The van der Waals surface area contributed by atoms with Crippen LogP contribution >= 0.6 is 11.8 Å². The van der Waals surface area contributed by atoms with Crippen molar-refractivity contribution < 1.29 is 4.39 Å². The van der Waals surface area contributed by atoms with Crippen molar-refractivity contribution in [1.29, 1.82) is 0 Å². The molecule has 2 nitrogen and oxygen atoms in total. The zero-order valence-electron chi connectivity index (χ0n) is 8.22. The van der Waals surface area contributed by atoms with Gasteiger partial charge in [-0.05, 0) is 30.6 Å². The second-order valence-electron chi connectivity index (χ2n) is 2.97. The van der Waals surface area contributed by atoms with Crippen LogP contribution in [-0.2, 0) is 0 Å². The van der Waals surface area contributed by atoms with Gasteiger partial charge in [0, 0.05) is 6.54 Å². The Kier molecular flexibility index (Phi) is 4.59. The minimum Gasteiger partial charge on any atom is -0.395 e. The van der Waals surface area contributed by atoms with Gasteiger partial charge in [-0.2, -0.15) is 11.8 Å². The lowest BCUT2D eigenvalue weighted by atomic mass is 10.2. The molecule has 78 valence electrons. The SMILES string of the molecule is CSCCCNc1cccc(F)c1N. The Hall–Kier alpha value is -0.900. The van der Waals surface area contributed by atoms with Crippen molar-refractivity contribution in [2.75, 3.05) is 29.6 Å². The fourth-order valence-corrected chi connectivity index (χ4v) is 1.56. The number of anilines is 2. The summed E-state index contributed by atoms with van der Waals surface area (Å²) in [6, 6.07) is 4.81. The highest BCUT2D eigenvalue weighted by Crippen LogP contribution is 2.20. The number of nitrogens with two attached hydrogens (primary N) is 1. The molecule has 0 heterocycles. The highest BCUT2D eigenvalue weighted by atomic mass is 32.2. The molecule has 4 heteroatoms. The third kappa shape index (κ3) is 3.10. The van der Waals surface area contributed by atoms with Gasteiger partial charge in [0.2, 0.25) is 0 Å².